The van der Waals surface area contributed by atoms with E-state index in [1.165, 1.54) is 24.5 Å². The number of pyridine rings is 1. The van der Waals surface area contributed by atoms with Crippen molar-refractivity contribution < 1.29 is 15.0 Å². The average molecular weight is 218 g/mol. The number of dihydropyridines is 1. The number of rotatable bonds is 2. The van der Waals surface area contributed by atoms with Crippen molar-refractivity contribution in [1.82, 2.24) is 10.3 Å². The van der Waals surface area contributed by atoms with Crippen molar-refractivity contribution >= 4 is 5.97 Å². The highest BCUT2D eigenvalue weighted by molar-refractivity contribution is 5.90. The third-order valence-corrected chi connectivity index (χ3v) is 2.22. The Hall–Kier alpha value is -2.30. The summed E-state index contributed by atoms with van der Waals surface area (Å²) in [5.41, 5.74) is 0.921. The maximum Gasteiger partial charge on any atom is 0.337 e. The topological polar surface area (TPSA) is 82.5 Å². The van der Waals surface area contributed by atoms with Crippen LogP contribution in [0.5, 0.6) is 5.75 Å². The van der Waals surface area contributed by atoms with Crippen LogP contribution in [0.25, 0.3) is 0 Å². The van der Waals surface area contributed by atoms with Gasteiger partial charge in [0.15, 0.2) is 0 Å². The number of carboxylic acid groups (broad SMARTS) is 1. The number of aliphatic carboxylic acids is 1. The van der Waals surface area contributed by atoms with Crippen LogP contribution >= 0.6 is 0 Å². The fourth-order valence-electron chi connectivity index (χ4n) is 1.38. The molecule has 5 heteroatoms. The summed E-state index contributed by atoms with van der Waals surface area (Å²) >= 11 is 0. The highest BCUT2D eigenvalue weighted by Gasteiger charge is 2.14. The zero-order valence-electron chi connectivity index (χ0n) is 8.29. The summed E-state index contributed by atoms with van der Waals surface area (Å²) in [6.45, 7) is 0. The molecule has 0 saturated heterocycles. The van der Waals surface area contributed by atoms with Crippen LogP contribution in [0.2, 0.25) is 0 Å². The molecule has 82 valence electrons. The van der Waals surface area contributed by atoms with Crippen molar-refractivity contribution in [1.29, 1.82) is 0 Å². The van der Waals surface area contributed by atoms with Crippen LogP contribution in [-0.4, -0.2) is 21.2 Å². The molecule has 0 fully saturated rings. The smallest absolute Gasteiger partial charge is 0.337 e. The molecule has 5 nitrogen and oxygen atoms in total. The van der Waals surface area contributed by atoms with Crippen LogP contribution in [0.4, 0.5) is 0 Å². The summed E-state index contributed by atoms with van der Waals surface area (Å²) < 4.78 is 0. The van der Waals surface area contributed by atoms with Gasteiger partial charge in [0.05, 0.1) is 23.5 Å². The predicted octanol–water partition coefficient (Wildman–Crippen LogP) is 0.956. The van der Waals surface area contributed by atoms with Gasteiger partial charge in [-0.3, -0.25) is 4.98 Å². The van der Waals surface area contributed by atoms with Gasteiger partial charge in [0.1, 0.15) is 5.75 Å². The Balaban J connectivity index is 2.14. The minimum absolute atomic E-state index is 0.102. The fraction of sp³-hybridized carbons (Fsp3) is 0.0909. The van der Waals surface area contributed by atoms with Gasteiger partial charge in [0.2, 0.25) is 0 Å². The van der Waals surface area contributed by atoms with Crippen LogP contribution < -0.4 is 5.32 Å². The van der Waals surface area contributed by atoms with Gasteiger partial charge in [-0.15, -0.1) is 0 Å². The molecular formula is C11H10N2O3. The van der Waals surface area contributed by atoms with Crippen LogP contribution in [0, 0.1) is 0 Å². The highest BCUT2D eigenvalue weighted by atomic mass is 16.4. The number of hydrogen-bond donors (Lipinski definition) is 3. The van der Waals surface area contributed by atoms with Crippen molar-refractivity contribution in [2.45, 2.75) is 6.04 Å². The first-order chi connectivity index (χ1) is 7.66. The maximum absolute atomic E-state index is 10.6. The molecule has 0 radical (unpaired) electrons. The van der Waals surface area contributed by atoms with Gasteiger partial charge in [-0.1, -0.05) is 6.08 Å². The van der Waals surface area contributed by atoms with Crippen molar-refractivity contribution in [2.24, 2.45) is 0 Å². The molecule has 1 aliphatic rings. The molecular weight excluding hydrogens is 208 g/mol. The number of nitrogens with zero attached hydrogens (tertiary/aromatic N) is 1. The SMILES string of the molecule is O=C(O)C1=CNC(c2ccc(O)cn2)C=C1. The van der Waals surface area contributed by atoms with E-state index in [1.54, 1.807) is 12.1 Å². The van der Waals surface area contributed by atoms with E-state index in [1.807, 2.05) is 0 Å². The largest absolute Gasteiger partial charge is 0.506 e. The number of aromatic hydroxyl groups is 1. The Kier molecular flexibility index (Phi) is 2.59. The summed E-state index contributed by atoms with van der Waals surface area (Å²) in [5.74, 6) is -0.869. The van der Waals surface area contributed by atoms with E-state index in [2.05, 4.69) is 10.3 Å². The molecule has 1 aromatic heterocycles. The normalized spacial score (nSPS) is 18.8. The molecule has 0 spiro atoms. The summed E-state index contributed by atoms with van der Waals surface area (Å²) in [5, 5.41) is 20.7. The maximum atomic E-state index is 10.6. The Labute approximate surface area is 91.8 Å². The Morgan fingerprint density at radius 1 is 1.44 bits per heavy atom. The van der Waals surface area contributed by atoms with E-state index < -0.39 is 5.97 Å². The summed E-state index contributed by atoms with van der Waals surface area (Å²) in [7, 11) is 0. The van der Waals surface area contributed by atoms with Gasteiger partial charge >= 0.3 is 5.97 Å². The third kappa shape index (κ3) is 2.03. The quantitative estimate of drug-likeness (QED) is 0.688. The molecule has 0 bridgehead atoms. The average Bonchev–Trinajstić information content (AvgIpc) is 2.30. The lowest BCUT2D eigenvalue weighted by atomic mass is 10.1. The first kappa shape index (κ1) is 10.2. The third-order valence-electron chi connectivity index (χ3n) is 2.22. The van der Waals surface area contributed by atoms with E-state index in [9.17, 15) is 4.79 Å². The van der Waals surface area contributed by atoms with Crippen molar-refractivity contribution in [3.05, 3.63) is 47.9 Å². The Morgan fingerprint density at radius 2 is 2.25 bits per heavy atom. The molecule has 16 heavy (non-hydrogen) atoms. The molecule has 0 amide bonds. The van der Waals surface area contributed by atoms with Gasteiger partial charge in [-0.2, -0.15) is 0 Å². The van der Waals surface area contributed by atoms with Crippen LogP contribution in [-0.2, 0) is 4.79 Å². The number of carboxylic acids is 1. The molecule has 0 aliphatic carbocycles. The number of hydrogen-bond acceptors (Lipinski definition) is 4. The summed E-state index contributed by atoms with van der Waals surface area (Å²) in [6, 6.07) is 3.05. The van der Waals surface area contributed by atoms with E-state index in [0.29, 0.717) is 0 Å². The molecule has 1 aliphatic heterocycles. The van der Waals surface area contributed by atoms with Crippen LogP contribution in [0.15, 0.2) is 42.3 Å². The second-order valence-electron chi connectivity index (χ2n) is 3.35. The Bertz CT molecular complexity index is 463. The minimum Gasteiger partial charge on any atom is -0.506 e. The van der Waals surface area contributed by atoms with Gasteiger partial charge < -0.3 is 15.5 Å². The standard InChI is InChI=1S/C11H10N2O3/c14-8-2-4-10(13-6-8)9-3-1-7(5-12-9)11(15)16/h1-6,9,12,14H,(H,15,16). The van der Waals surface area contributed by atoms with Crippen molar-refractivity contribution in [2.75, 3.05) is 0 Å². The monoisotopic (exact) mass is 218 g/mol. The first-order valence-corrected chi connectivity index (χ1v) is 4.69. The number of nitrogens with one attached hydrogen (secondary N) is 1. The molecule has 1 aromatic rings. The molecule has 2 rings (SSSR count). The molecule has 1 atom stereocenters. The lowest BCUT2D eigenvalue weighted by Gasteiger charge is -2.16. The zero-order chi connectivity index (χ0) is 11.5. The van der Waals surface area contributed by atoms with E-state index >= 15 is 0 Å². The Morgan fingerprint density at radius 3 is 2.75 bits per heavy atom. The lowest BCUT2D eigenvalue weighted by Crippen LogP contribution is -2.19. The fourth-order valence-corrected chi connectivity index (χ4v) is 1.38. The first-order valence-electron chi connectivity index (χ1n) is 4.69. The minimum atomic E-state index is -0.971. The van der Waals surface area contributed by atoms with E-state index in [4.69, 9.17) is 10.2 Å². The number of aromatic nitrogens is 1. The number of carbonyl (C=O) groups is 1. The lowest BCUT2D eigenvalue weighted by molar-refractivity contribution is -0.132. The van der Waals surface area contributed by atoms with Crippen molar-refractivity contribution in [3.8, 4) is 5.75 Å². The molecule has 0 aromatic carbocycles. The van der Waals surface area contributed by atoms with Crippen LogP contribution in [0.3, 0.4) is 0 Å². The van der Waals surface area contributed by atoms with E-state index in [0.717, 1.165) is 5.69 Å². The summed E-state index contributed by atoms with van der Waals surface area (Å²) in [4.78, 5) is 14.7. The molecule has 0 saturated carbocycles. The second kappa shape index (κ2) is 4.06. The van der Waals surface area contributed by atoms with Gasteiger partial charge in [0.25, 0.3) is 0 Å². The van der Waals surface area contributed by atoms with Gasteiger partial charge in [-0.25, -0.2) is 4.79 Å². The van der Waals surface area contributed by atoms with E-state index in [-0.39, 0.29) is 17.4 Å². The molecule has 1 unspecified atom stereocenters. The second-order valence-corrected chi connectivity index (χ2v) is 3.35. The predicted molar refractivity (Wildman–Crippen MR) is 56.6 cm³/mol. The molecule has 2 heterocycles. The molecule has 3 N–H and O–H groups in total. The van der Waals surface area contributed by atoms with Crippen LogP contribution in [0.1, 0.15) is 11.7 Å². The van der Waals surface area contributed by atoms with Gasteiger partial charge in [0, 0.05) is 6.20 Å². The van der Waals surface area contributed by atoms with Gasteiger partial charge in [-0.05, 0) is 18.2 Å². The zero-order valence-corrected chi connectivity index (χ0v) is 8.29. The summed E-state index contributed by atoms with van der Waals surface area (Å²) in [6.07, 6.45) is 6.02. The van der Waals surface area contributed by atoms with Crippen molar-refractivity contribution in [3.63, 3.8) is 0 Å². The highest BCUT2D eigenvalue weighted by Crippen LogP contribution is 2.18.